The molecule has 0 bridgehead atoms. The van der Waals surface area contributed by atoms with E-state index in [0.717, 1.165) is 31.4 Å². The van der Waals surface area contributed by atoms with Crippen LogP contribution in [-0.2, 0) is 11.3 Å². The van der Waals surface area contributed by atoms with Crippen molar-refractivity contribution in [3.8, 4) is 11.5 Å². The third-order valence-corrected chi connectivity index (χ3v) is 3.65. The number of hydrogen-bond donors (Lipinski definition) is 2. The van der Waals surface area contributed by atoms with Gasteiger partial charge in [-0.05, 0) is 37.1 Å². The zero-order valence-corrected chi connectivity index (χ0v) is 12.1. The van der Waals surface area contributed by atoms with Crippen LogP contribution in [0.5, 0.6) is 11.5 Å². The van der Waals surface area contributed by atoms with Gasteiger partial charge < -0.3 is 20.1 Å². The molecule has 0 radical (unpaired) electrons. The number of ether oxygens (including phenoxy) is 1. The molecule has 1 aromatic rings. The normalized spacial score (nSPS) is 18.6. The first-order valence-corrected chi connectivity index (χ1v) is 6.96. The number of aromatic hydroxyl groups is 1. The van der Waals surface area contributed by atoms with Crippen LogP contribution in [-0.4, -0.2) is 42.7 Å². The smallest absolute Gasteiger partial charge is 0.239 e. The Labute approximate surface area is 119 Å². The first-order chi connectivity index (χ1) is 9.61. The van der Waals surface area contributed by atoms with E-state index in [4.69, 9.17) is 4.74 Å². The highest BCUT2D eigenvalue weighted by molar-refractivity contribution is 5.81. The van der Waals surface area contributed by atoms with Gasteiger partial charge in [-0.1, -0.05) is 12.5 Å². The Kier molecular flexibility index (Phi) is 4.84. The fourth-order valence-corrected chi connectivity index (χ4v) is 2.51. The summed E-state index contributed by atoms with van der Waals surface area (Å²) in [6.07, 6.45) is 3.14. The summed E-state index contributed by atoms with van der Waals surface area (Å²) in [7, 11) is 3.30. The second-order valence-electron chi connectivity index (χ2n) is 5.20. The molecule has 1 saturated heterocycles. The van der Waals surface area contributed by atoms with E-state index in [9.17, 15) is 9.90 Å². The molecule has 1 heterocycles. The zero-order valence-electron chi connectivity index (χ0n) is 12.1. The molecule has 1 aliphatic rings. The van der Waals surface area contributed by atoms with Crippen LogP contribution in [0.4, 0.5) is 0 Å². The molecule has 5 nitrogen and oxygen atoms in total. The lowest BCUT2D eigenvalue weighted by Crippen LogP contribution is -2.46. The van der Waals surface area contributed by atoms with Crippen LogP contribution >= 0.6 is 0 Å². The second-order valence-corrected chi connectivity index (χ2v) is 5.20. The summed E-state index contributed by atoms with van der Waals surface area (Å²) in [6, 6.07) is 5.13. The Morgan fingerprint density at radius 1 is 1.50 bits per heavy atom. The molecule has 0 spiro atoms. The summed E-state index contributed by atoms with van der Waals surface area (Å²) < 4.78 is 5.01. The van der Waals surface area contributed by atoms with E-state index in [-0.39, 0.29) is 17.7 Å². The van der Waals surface area contributed by atoms with Crippen LogP contribution in [0, 0.1) is 0 Å². The maximum absolute atomic E-state index is 12.3. The number of phenolic OH excluding ortho intramolecular Hbond substituents is 1. The van der Waals surface area contributed by atoms with Crippen LogP contribution in [0.25, 0.3) is 0 Å². The van der Waals surface area contributed by atoms with Crippen LogP contribution < -0.4 is 10.1 Å². The first kappa shape index (κ1) is 14.7. The van der Waals surface area contributed by atoms with E-state index < -0.39 is 0 Å². The fourth-order valence-electron chi connectivity index (χ4n) is 2.51. The lowest BCUT2D eigenvalue weighted by molar-refractivity contribution is -0.133. The van der Waals surface area contributed by atoms with Gasteiger partial charge in [0.15, 0.2) is 11.5 Å². The van der Waals surface area contributed by atoms with Crippen molar-refractivity contribution in [2.45, 2.75) is 31.8 Å². The minimum atomic E-state index is -0.0689. The molecule has 1 unspecified atom stereocenters. The number of hydrogen-bond acceptors (Lipinski definition) is 4. The third kappa shape index (κ3) is 3.42. The summed E-state index contributed by atoms with van der Waals surface area (Å²) >= 11 is 0. The van der Waals surface area contributed by atoms with Gasteiger partial charge in [0.2, 0.25) is 5.91 Å². The molecule has 110 valence electrons. The standard InChI is InChI=1S/C15H22N2O3/c1-17(15(19)12-5-3-4-8-16-12)10-11-6-7-14(20-2)13(18)9-11/h6-7,9,12,16,18H,3-5,8,10H2,1-2H3. The molecule has 20 heavy (non-hydrogen) atoms. The number of benzene rings is 1. The summed E-state index contributed by atoms with van der Waals surface area (Å²) in [6.45, 7) is 1.39. The van der Waals surface area contributed by atoms with E-state index in [0.29, 0.717) is 12.3 Å². The van der Waals surface area contributed by atoms with Crippen LogP contribution in [0.2, 0.25) is 0 Å². The molecule has 2 rings (SSSR count). The zero-order chi connectivity index (χ0) is 14.5. The first-order valence-electron chi connectivity index (χ1n) is 6.96. The number of likely N-dealkylation sites (N-methyl/N-ethyl adjacent to an activating group) is 1. The SMILES string of the molecule is COc1ccc(CN(C)C(=O)C2CCCCN2)cc1O. The van der Waals surface area contributed by atoms with Gasteiger partial charge in [0.1, 0.15) is 0 Å². The predicted octanol–water partition coefficient (Wildman–Crippen LogP) is 1.50. The van der Waals surface area contributed by atoms with Gasteiger partial charge >= 0.3 is 0 Å². The fraction of sp³-hybridized carbons (Fsp3) is 0.533. The summed E-state index contributed by atoms with van der Waals surface area (Å²) in [4.78, 5) is 14.0. The number of nitrogens with one attached hydrogen (secondary N) is 1. The van der Waals surface area contributed by atoms with Gasteiger partial charge in [-0.2, -0.15) is 0 Å². The van der Waals surface area contributed by atoms with Gasteiger partial charge in [-0.15, -0.1) is 0 Å². The van der Waals surface area contributed by atoms with Gasteiger partial charge in [0, 0.05) is 13.6 Å². The average Bonchev–Trinajstić information content (AvgIpc) is 2.47. The molecular formula is C15H22N2O3. The molecule has 1 aromatic carbocycles. The van der Waals surface area contributed by atoms with Crippen LogP contribution in [0.15, 0.2) is 18.2 Å². The van der Waals surface area contributed by atoms with Crippen molar-refractivity contribution in [3.05, 3.63) is 23.8 Å². The minimum absolute atomic E-state index is 0.0689. The Balaban J connectivity index is 1.98. The van der Waals surface area contributed by atoms with E-state index in [1.54, 1.807) is 24.1 Å². The Morgan fingerprint density at radius 2 is 2.30 bits per heavy atom. The second kappa shape index (κ2) is 6.61. The van der Waals surface area contributed by atoms with Gasteiger partial charge in [0.25, 0.3) is 0 Å². The highest BCUT2D eigenvalue weighted by Gasteiger charge is 2.23. The van der Waals surface area contributed by atoms with Crippen molar-refractivity contribution in [1.29, 1.82) is 0 Å². The van der Waals surface area contributed by atoms with E-state index >= 15 is 0 Å². The number of rotatable bonds is 4. The quantitative estimate of drug-likeness (QED) is 0.876. The summed E-state index contributed by atoms with van der Waals surface area (Å²) in [5.74, 6) is 0.651. The Morgan fingerprint density at radius 3 is 2.90 bits per heavy atom. The van der Waals surface area contributed by atoms with E-state index in [1.165, 1.54) is 7.11 Å². The number of carbonyl (C=O) groups excluding carboxylic acids is 1. The van der Waals surface area contributed by atoms with Crippen molar-refractivity contribution in [2.75, 3.05) is 20.7 Å². The molecule has 0 saturated carbocycles. The van der Waals surface area contributed by atoms with Crippen molar-refractivity contribution in [2.24, 2.45) is 0 Å². The number of methoxy groups -OCH3 is 1. The lowest BCUT2D eigenvalue weighted by atomic mass is 10.0. The van der Waals surface area contributed by atoms with Crippen molar-refractivity contribution in [1.82, 2.24) is 10.2 Å². The predicted molar refractivity (Wildman–Crippen MR) is 76.8 cm³/mol. The van der Waals surface area contributed by atoms with Crippen LogP contribution in [0.1, 0.15) is 24.8 Å². The van der Waals surface area contributed by atoms with Gasteiger partial charge in [-0.3, -0.25) is 4.79 Å². The highest BCUT2D eigenvalue weighted by Crippen LogP contribution is 2.26. The number of phenols is 1. The molecule has 1 aliphatic heterocycles. The molecule has 5 heteroatoms. The monoisotopic (exact) mass is 278 g/mol. The van der Waals surface area contributed by atoms with E-state index in [1.807, 2.05) is 6.07 Å². The Hall–Kier alpha value is -1.75. The maximum Gasteiger partial charge on any atom is 0.239 e. The van der Waals surface area contributed by atoms with Crippen molar-refractivity contribution in [3.63, 3.8) is 0 Å². The third-order valence-electron chi connectivity index (χ3n) is 3.65. The van der Waals surface area contributed by atoms with Gasteiger partial charge in [0.05, 0.1) is 13.2 Å². The van der Waals surface area contributed by atoms with Gasteiger partial charge in [-0.25, -0.2) is 0 Å². The molecule has 1 amide bonds. The highest BCUT2D eigenvalue weighted by atomic mass is 16.5. The number of nitrogens with zero attached hydrogens (tertiary/aromatic N) is 1. The van der Waals surface area contributed by atoms with Crippen molar-refractivity contribution >= 4 is 5.91 Å². The molecular weight excluding hydrogens is 256 g/mol. The number of amides is 1. The molecule has 1 atom stereocenters. The van der Waals surface area contributed by atoms with E-state index in [2.05, 4.69) is 5.32 Å². The number of piperidine rings is 1. The molecule has 0 aliphatic carbocycles. The average molecular weight is 278 g/mol. The maximum atomic E-state index is 12.3. The summed E-state index contributed by atoms with van der Waals surface area (Å²) in [5.41, 5.74) is 0.884. The van der Waals surface area contributed by atoms with Crippen LogP contribution in [0.3, 0.4) is 0 Å². The molecule has 0 aromatic heterocycles. The number of carbonyl (C=O) groups is 1. The topological polar surface area (TPSA) is 61.8 Å². The largest absolute Gasteiger partial charge is 0.504 e. The Bertz CT molecular complexity index is 470. The lowest BCUT2D eigenvalue weighted by Gasteiger charge is -2.27. The minimum Gasteiger partial charge on any atom is -0.504 e. The summed E-state index contributed by atoms with van der Waals surface area (Å²) in [5, 5.41) is 13.0. The molecule has 2 N–H and O–H groups in total. The molecule has 1 fully saturated rings. The van der Waals surface area contributed by atoms with Crippen molar-refractivity contribution < 1.29 is 14.6 Å².